The van der Waals surface area contributed by atoms with Crippen molar-refractivity contribution in [1.29, 1.82) is 0 Å². The molecule has 1 aromatic rings. The highest BCUT2D eigenvalue weighted by Crippen LogP contribution is 2.20. The number of anilines is 2. The third kappa shape index (κ3) is 2.54. The topological polar surface area (TPSA) is 93.3 Å². The van der Waals surface area contributed by atoms with E-state index < -0.39 is 0 Å². The van der Waals surface area contributed by atoms with E-state index in [1.54, 1.807) is 6.07 Å². The molecule has 2 heterocycles. The molecule has 0 saturated carbocycles. The summed E-state index contributed by atoms with van der Waals surface area (Å²) in [5, 5.41) is 12.0. The highest BCUT2D eigenvalue weighted by molar-refractivity contribution is 5.43. The summed E-state index contributed by atoms with van der Waals surface area (Å²) in [6.45, 7) is 0.0596. The van der Waals surface area contributed by atoms with Crippen molar-refractivity contribution >= 4 is 11.6 Å². The summed E-state index contributed by atoms with van der Waals surface area (Å²) in [5.74, 6) is 1.07. The van der Waals surface area contributed by atoms with Crippen molar-refractivity contribution in [3.05, 3.63) is 12.4 Å². The number of hydrogen-bond donors (Lipinski definition) is 3. The maximum atomic E-state index is 8.90. The number of nitrogen functional groups attached to an aromatic ring is 1. The van der Waals surface area contributed by atoms with Crippen LogP contribution in [0.15, 0.2) is 12.4 Å². The number of nitrogens with one attached hydrogen (secondary N) is 1. The lowest BCUT2D eigenvalue weighted by atomic mass is 10.2. The lowest BCUT2D eigenvalue weighted by Crippen LogP contribution is -2.22. The second kappa shape index (κ2) is 4.41. The number of ether oxygens (including phenoxy) is 1. The first-order valence-electron chi connectivity index (χ1n) is 4.88. The van der Waals surface area contributed by atoms with Crippen LogP contribution in [0.5, 0.6) is 0 Å². The predicted molar refractivity (Wildman–Crippen MR) is 55.0 cm³/mol. The zero-order chi connectivity index (χ0) is 10.7. The highest BCUT2D eigenvalue weighted by atomic mass is 16.5. The van der Waals surface area contributed by atoms with Gasteiger partial charge >= 0.3 is 0 Å². The zero-order valence-corrected chi connectivity index (χ0v) is 8.26. The first-order chi connectivity index (χ1) is 7.28. The van der Waals surface area contributed by atoms with Crippen LogP contribution < -0.4 is 11.1 Å². The van der Waals surface area contributed by atoms with E-state index in [9.17, 15) is 0 Å². The van der Waals surface area contributed by atoms with Gasteiger partial charge in [-0.1, -0.05) is 0 Å². The van der Waals surface area contributed by atoms with E-state index in [1.165, 1.54) is 6.33 Å². The molecule has 6 heteroatoms. The summed E-state index contributed by atoms with van der Waals surface area (Å²) < 4.78 is 5.49. The SMILES string of the molecule is Nc1cc(NC2CC[C@@H](CO)O2)ncn1. The number of aliphatic hydroxyl groups is 1. The van der Waals surface area contributed by atoms with Gasteiger partial charge in [0.05, 0.1) is 12.7 Å². The molecular formula is C9H14N4O2. The van der Waals surface area contributed by atoms with Gasteiger partial charge in [0.2, 0.25) is 0 Å². The van der Waals surface area contributed by atoms with Gasteiger partial charge in [0.25, 0.3) is 0 Å². The van der Waals surface area contributed by atoms with Gasteiger partial charge in [0, 0.05) is 6.07 Å². The number of hydrogen-bond acceptors (Lipinski definition) is 6. The monoisotopic (exact) mass is 210 g/mol. The Morgan fingerprint density at radius 1 is 1.53 bits per heavy atom. The van der Waals surface area contributed by atoms with Gasteiger partial charge in [-0.3, -0.25) is 0 Å². The largest absolute Gasteiger partial charge is 0.394 e. The average Bonchev–Trinajstić information content (AvgIpc) is 2.65. The van der Waals surface area contributed by atoms with E-state index in [2.05, 4.69) is 15.3 Å². The Balaban J connectivity index is 1.92. The van der Waals surface area contributed by atoms with E-state index in [0.29, 0.717) is 11.6 Å². The van der Waals surface area contributed by atoms with Crippen LogP contribution in [-0.4, -0.2) is 34.0 Å². The zero-order valence-electron chi connectivity index (χ0n) is 8.26. The predicted octanol–water partition coefficient (Wildman–Crippen LogP) is -0.0319. The normalized spacial score (nSPS) is 25.4. The summed E-state index contributed by atoms with van der Waals surface area (Å²) in [6, 6.07) is 1.65. The molecule has 6 nitrogen and oxygen atoms in total. The minimum atomic E-state index is -0.101. The van der Waals surface area contributed by atoms with E-state index in [1.807, 2.05) is 0 Å². The molecule has 0 amide bonds. The van der Waals surface area contributed by atoms with Gasteiger partial charge in [-0.2, -0.15) is 0 Å². The van der Waals surface area contributed by atoms with E-state index in [-0.39, 0.29) is 18.9 Å². The van der Waals surface area contributed by atoms with Gasteiger partial charge in [0.15, 0.2) is 0 Å². The lowest BCUT2D eigenvalue weighted by Gasteiger charge is -2.14. The number of aromatic nitrogens is 2. The molecule has 1 aromatic heterocycles. The summed E-state index contributed by atoms with van der Waals surface area (Å²) in [5.41, 5.74) is 5.51. The Bertz CT molecular complexity index is 334. The molecule has 0 radical (unpaired) electrons. The van der Waals surface area contributed by atoms with Crippen LogP contribution in [0.2, 0.25) is 0 Å². The molecule has 1 aliphatic rings. The maximum absolute atomic E-state index is 8.90. The summed E-state index contributed by atoms with van der Waals surface area (Å²) in [6.07, 6.45) is 2.94. The Labute approximate surface area is 87.5 Å². The van der Waals surface area contributed by atoms with Crippen molar-refractivity contribution in [3.8, 4) is 0 Å². The fourth-order valence-electron chi connectivity index (χ4n) is 1.56. The molecule has 0 spiro atoms. The molecule has 4 N–H and O–H groups in total. The number of rotatable bonds is 3. The molecule has 0 aromatic carbocycles. The van der Waals surface area contributed by atoms with Gasteiger partial charge in [0.1, 0.15) is 24.2 Å². The first kappa shape index (κ1) is 10.1. The second-order valence-corrected chi connectivity index (χ2v) is 3.48. The van der Waals surface area contributed by atoms with Crippen molar-refractivity contribution in [2.45, 2.75) is 25.2 Å². The molecule has 15 heavy (non-hydrogen) atoms. The van der Waals surface area contributed by atoms with Crippen molar-refractivity contribution in [2.24, 2.45) is 0 Å². The number of nitrogens with zero attached hydrogens (tertiary/aromatic N) is 2. The minimum Gasteiger partial charge on any atom is -0.394 e. The number of aliphatic hydroxyl groups excluding tert-OH is 1. The molecule has 2 atom stereocenters. The molecule has 1 aliphatic heterocycles. The van der Waals surface area contributed by atoms with Crippen LogP contribution in [-0.2, 0) is 4.74 Å². The second-order valence-electron chi connectivity index (χ2n) is 3.48. The van der Waals surface area contributed by atoms with Gasteiger partial charge in [-0.15, -0.1) is 0 Å². The summed E-state index contributed by atoms with van der Waals surface area (Å²) in [7, 11) is 0. The van der Waals surface area contributed by atoms with E-state index >= 15 is 0 Å². The van der Waals surface area contributed by atoms with E-state index in [4.69, 9.17) is 15.6 Å². The van der Waals surface area contributed by atoms with Crippen molar-refractivity contribution in [2.75, 3.05) is 17.7 Å². The minimum absolute atomic E-state index is 0.0596. The Morgan fingerprint density at radius 3 is 3.07 bits per heavy atom. The third-order valence-electron chi connectivity index (χ3n) is 2.31. The molecule has 2 rings (SSSR count). The van der Waals surface area contributed by atoms with Crippen LogP contribution in [0.3, 0.4) is 0 Å². The quantitative estimate of drug-likeness (QED) is 0.648. The molecular weight excluding hydrogens is 196 g/mol. The van der Waals surface area contributed by atoms with Crippen LogP contribution in [0.1, 0.15) is 12.8 Å². The van der Waals surface area contributed by atoms with Gasteiger partial charge in [-0.05, 0) is 12.8 Å². The van der Waals surface area contributed by atoms with Gasteiger partial charge < -0.3 is 20.9 Å². The molecule has 1 saturated heterocycles. The van der Waals surface area contributed by atoms with Crippen LogP contribution in [0.25, 0.3) is 0 Å². The van der Waals surface area contributed by atoms with Crippen molar-refractivity contribution in [3.63, 3.8) is 0 Å². The molecule has 1 unspecified atom stereocenters. The Morgan fingerprint density at radius 2 is 2.40 bits per heavy atom. The van der Waals surface area contributed by atoms with Crippen LogP contribution >= 0.6 is 0 Å². The number of nitrogens with two attached hydrogens (primary N) is 1. The standard InChI is InChI=1S/C9H14N4O2/c10-7-3-8(12-5-11-7)13-9-2-1-6(4-14)15-9/h3,5-6,9,14H,1-2,4H2,(H3,10,11,12,13)/t6-,9?/m0/s1. The molecule has 0 bridgehead atoms. The summed E-state index contributed by atoms with van der Waals surface area (Å²) in [4.78, 5) is 7.80. The smallest absolute Gasteiger partial charge is 0.133 e. The maximum Gasteiger partial charge on any atom is 0.133 e. The van der Waals surface area contributed by atoms with Crippen molar-refractivity contribution in [1.82, 2.24) is 9.97 Å². The van der Waals surface area contributed by atoms with Crippen LogP contribution in [0, 0.1) is 0 Å². The van der Waals surface area contributed by atoms with E-state index in [0.717, 1.165) is 12.8 Å². The van der Waals surface area contributed by atoms with Crippen LogP contribution in [0.4, 0.5) is 11.6 Å². The first-order valence-corrected chi connectivity index (χ1v) is 4.88. The molecule has 0 aliphatic carbocycles. The molecule has 82 valence electrons. The lowest BCUT2D eigenvalue weighted by molar-refractivity contribution is 0.0234. The fraction of sp³-hybridized carbons (Fsp3) is 0.556. The van der Waals surface area contributed by atoms with Crippen molar-refractivity contribution < 1.29 is 9.84 Å². The Kier molecular flexibility index (Phi) is 2.98. The highest BCUT2D eigenvalue weighted by Gasteiger charge is 2.24. The average molecular weight is 210 g/mol. The fourth-order valence-corrected chi connectivity index (χ4v) is 1.56. The third-order valence-corrected chi connectivity index (χ3v) is 2.31. The summed E-state index contributed by atoms with van der Waals surface area (Å²) >= 11 is 0. The Hall–Kier alpha value is -1.40. The van der Waals surface area contributed by atoms with Gasteiger partial charge in [-0.25, -0.2) is 9.97 Å². The molecule has 1 fully saturated rings.